The van der Waals surface area contributed by atoms with E-state index in [1.165, 1.54) is 0 Å². The van der Waals surface area contributed by atoms with Crippen LogP contribution in [0.5, 0.6) is 0 Å². The highest BCUT2D eigenvalue weighted by Gasteiger charge is 2.26. The minimum Gasteiger partial charge on any atom is -0.499 e. The molecule has 0 aliphatic carbocycles. The van der Waals surface area contributed by atoms with Crippen molar-refractivity contribution in [3.05, 3.63) is 77.1 Å². The molecule has 3 rings (SSSR count). The summed E-state index contributed by atoms with van der Waals surface area (Å²) in [5, 5.41) is 0. The van der Waals surface area contributed by atoms with E-state index in [1.54, 1.807) is 6.92 Å². The van der Waals surface area contributed by atoms with Gasteiger partial charge < -0.3 is 9.47 Å². The molecule has 32 heavy (non-hydrogen) atoms. The van der Waals surface area contributed by atoms with E-state index in [-0.39, 0.29) is 35.2 Å². The predicted octanol–water partition coefficient (Wildman–Crippen LogP) is 4.92. The van der Waals surface area contributed by atoms with Gasteiger partial charge in [0.15, 0.2) is 0 Å². The highest BCUT2D eigenvalue weighted by atomic mass is 19.1. The number of carbonyl (C=O) groups excluding carboxylic acids is 1. The van der Waals surface area contributed by atoms with E-state index >= 15 is 0 Å². The van der Waals surface area contributed by atoms with Gasteiger partial charge in [-0.2, -0.15) is 0 Å². The molecule has 0 aromatic heterocycles. The fourth-order valence-corrected chi connectivity index (χ4v) is 3.72. The van der Waals surface area contributed by atoms with Crippen LogP contribution in [-0.4, -0.2) is 43.7 Å². The number of rotatable bonds is 8. The summed E-state index contributed by atoms with van der Waals surface area (Å²) in [6, 6.07) is 5.68. The molecule has 1 aliphatic heterocycles. The van der Waals surface area contributed by atoms with Crippen LogP contribution in [-0.2, 0) is 14.3 Å². The topological polar surface area (TPSA) is 38.8 Å². The van der Waals surface area contributed by atoms with E-state index in [2.05, 4.69) is 4.90 Å². The molecule has 0 spiro atoms. The van der Waals surface area contributed by atoms with Crippen molar-refractivity contribution in [2.24, 2.45) is 5.92 Å². The summed E-state index contributed by atoms with van der Waals surface area (Å²) in [6.45, 7) is 4.10. The lowest BCUT2D eigenvalue weighted by molar-refractivity contribution is -0.150. The average molecular weight is 451 g/mol. The predicted molar refractivity (Wildman–Crippen MR) is 112 cm³/mol. The minimum absolute atomic E-state index is 0.0393. The number of piperidine rings is 1. The zero-order chi connectivity index (χ0) is 23.1. The molecule has 2 aromatic rings. The van der Waals surface area contributed by atoms with Crippen LogP contribution in [0.15, 0.2) is 42.7 Å². The van der Waals surface area contributed by atoms with Crippen molar-refractivity contribution in [1.82, 2.24) is 4.90 Å². The van der Waals surface area contributed by atoms with Crippen molar-refractivity contribution < 1.29 is 31.8 Å². The van der Waals surface area contributed by atoms with Gasteiger partial charge in [-0.15, -0.1) is 0 Å². The van der Waals surface area contributed by atoms with E-state index in [1.807, 2.05) is 0 Å². The van der Waals surface area contributed by atoms with Crippen LogP contribution in [0.2, 0.25) is 0 Å². The van der Waals surface area contributed by atoms with Crippen molar-refractivity contribution in [2.45, 2.75) is 19.8 Å². The van der Waals surface area contributed by atoms with E-state index in [0.717, 1.165) is 56.0 Å². The SMILES string of the molecule is CCOC(=O)[C@@H]1CCCN(CCO/C=C(\c2ccc(F)cc2F)c2cc(F)ccc2F)C1. The van der Waals surface area contributed by atoms with Gasteiger partial charge in [-0.3, -0.25) is 9.69 Å². The summed E-state index contributed by atoms with van der Waals surface area (Å²) in [7, 11) is 0. The lowest BCUT2D eigenvalue weighted by Crippen LogP contribution is -2.40. The first kappa shape index (κ1) is 23.8. The van der Waals surface area contributed by atoms with Crippen molar-refractivity contribution in [1.29, 1.82) is 0 Å². The van der Waals surface area contributed by atoms with E-state index in [0.29, 0.717) is 25.8 Å². The summed E-state index contributed by atoms with van der Waals surface area (Å²) < 4.78 is 66.5. The first-order valence-corrected chi connectivity index (χ1v) is 10.5. The van der Waals surface area contributed by atoms with E-state index in [4.69, 9.17) is 9.47 Å². The molecular formula is C24H25F4NO3. The molecule has 0 amide bonds. The Labute approximate surface area is 184 Å². The third kappa shape index (κ3) is 6.09. The highest BCUT2D eigenvalue weighted by Crippen LogP contribution is 2.29. The monoisotopic (exact) mass is 451 g/mol. The second-order valence-corrected chi connectivity index (χ2v) is 7.54. The number of halogens is 4. The fraction of sp³-hybridized carbons (Fsp3) is 0.375. The van der Waals surface area contributed by atoms with Crippen molar-refractivity contribution in [3.63, 3.8) is 0 Å². The smallest absolute Gasteiger partial charge is 0.310 e. The number of ether oxygens (including phenoxy) is 2. The van der Waals surface area contributed by atoms with E-state index < -0.39 is 23.3 Å². The summed E-state index contributed by atoms with van der Waals surface area (Å²) in [5.41, 5.74) is -0.352. The Hall–Kier alpha value is -2.87. The molecule has 0 radical (unpaired) electrons. The Morgan fingerprint density at radius 3 is 2.56 bits per heavy atom. The number of carbonyl (C=O) groups is 1. The second-order valence-electron chi connectivity index (χ2n) is 7.54. The molecule has 1 heterocycles. The highest BCUT2D eigenvalue weighted by molar-refractivity contribution is 5.79. The molecule has 172 valence electrons. The summed E-state index contributed by atoms with van der Waals surface area (Å²) in [4.78, 5) is 14.0. The Balaban J connectivity index is 1.73. The van der Waals surface area contributed by atoms with Gasteiger partial charge in [0.1, 0.15) is 29.9 Å². The van der Waals surface area contributed by atoms with Gasteiger partial charge in [0.05, 0.1) is 18.8 Å². The zero-order valence-corrected chi connectivity index (χ0v) is 17.8. The van der Waals surface area contributed by atoms with Crippen molar-refractivity contribution in [2.75, 3.05) is 32.8 Å². The van der Waals surface area contributed by atoms with Gasteiger partial charge >= 0.3 is 5.97 Å². The molecule has 8 heteroatoms. The number of likely N-dealkylation sites (tertiary alicyclic amines) is 1. The van der Waals surface area contributed by atoms with Crippen LogP contribution in [0.1, 0.15) is 30.9 Å². The molecule has 0 unspecified atom stereocenters. The lowest BCUT2D eigenvalue weighted by Gasteiger charge is -2.31. The van der Waals surface area contributed by atoms with Gasteiger partial charge in [0.2, 0.25) is 0 Å². The molecule has 0 N–H and O–H groups in total. The number of nitrogens with zero attached hydrogens (tertiary/aromatic N) is 1. The third-order valence-electron chi connectivity index (χ3n) is 5.29. The maximum atomic E-state index is 14.4. The van der Waals surface area contributed by atoms with Crippen LogP contribution in [0.25, 0.3) is 5.57 Å². The van der Waals surface area contributed by atoms with Gasteiger partial charge in [0, 0.05) is 35.9 Å². The largest absolute Gasteiger partial charge is 0.499 e. The second kappa shape index (κ2) is 11.1. The first-order chi connectivity index (χ1) is 15.4. The molecule has 1 aliphatic rings. The summed E-state index contributed by atoms with van der Waals surface area (Å²) >= 11 is 0. The summed E-state index contributed by atoms with van der Waals surface area (Å²) in [5.74, 6) is -3.58. The van der Waals surface area contributed by atoms with Crippen LogP contribution in [0, 0.1) is 29.2 Å². The van der Waals surface area contributed by atoms with Crippen LogP contribution in [0.3, 0.4) is 0 Å². The zero-order valence-electron chi connectivity index (χ0n) is 17.8. The van der Waals surface area contributed by atoms with Gasteiger partial charge in [0.25, 0.3) is 0 Å². The van der Waals surface area contributed by atoms with Gasteiger partial charge in [-0.25, -0.2) is 17.6 Å². The minimum atomic E-state index is -0.920. The van der Waals surface area contributed by atoms with Crippen LogP contribution in [0.4, 0.5) is 17.6 Å². The van der Waals surface area contributed by atoms with Gasteiger partial charge in [-0.1, -0.05) is 0 Å². The quantitative estimate of drug-likeness (QED) is 0.247. The molecule has 0 bridgehead atoms. The normalized spacial score (nSPS) is 17.3. The Morgan fingerprint density at radius 2 is 1.81 bits per heavy atom. The molecule has 4 nitrogen and oxygen atoms in total. The van der Waals surface area contributed by atoms with Crippen LogP contribution >= 0.6 is 0 Å². The van der Waals surface area contributed by atoms with Crippen molar-refractivity contribution >= 4 is 11.5 Å². The molecule has 1 atom stereocenters. The Bertz CT molecular complexity index is 980. The van der Waals surface area contributed by atoms with Gasteiger partial charge in [-0.05, 0) is 56.6 Å². The molecular weight excluding hydrogens is 426 g/mol. The maximum absolute atomic E-state index is 14.4. The maximum Gasteiger partial charge on any atom is 0.310 e. The number of esters is 1. The lowest BCUT2D eigenvalue weighted by atomic mass is 9.98. The number of hydrogen-bond donors (Lipinski definition) is 0. The number of benzene rings is 2. The summed E-state index contributed by atoms with van der Waals surface area (Å²) in [6.07, 6.45) is 2.77. The first-order valence-electron chi connectivity index (χ1n) is 10.5. The Kier molecular flexibility index (Phi) is 8.27. The third-order valence-corrected chi connectivity index (χ3v) is 5.29. The fourth-order valence-electron chi connectivity index (χ4n) is 3.72. The standard InChI is InChI=1S/C24H25F4NO3/c1-2-32-24(30)16-4-3-9-29(14-16)10-11-31-15-21(19-7-5-18(26)13-23(19)28)20-12-17(25)6-8-22(20)27/h5-8,12-13,15-16H,2-4,9-11,14H2,1H3/b21-15+/t16-/m1/s1. The molecule has 1 fully saturated rings. The molecule has 0 saturated carbocycles. The van der Waals surface area contributed by atoms with Crippen LogP contribution < -0.4 is 0 Å². The number of hydrogen-bond acceptors (Lipinski definition) is 4. The average Bonchev–Trinajstić information content (AvgIpc) is 2.77. The molecule has 2 aromatic carbocycles. The van der Waals surface area contributed by atoms with E-state index in [9.17, 15) is 22.4 Å². The Morgan fingerprint density at radius 1 is 1.06 bits per heavy atom. The molecule has 1 saturated heterocycles. The van der Waals surface area contributed by atoms with Crippen molar-refractivity contribution in [3.8, 4) is 0 Å².